The molecular formula is C16H20N4O. The van der Waals surface area contributed by atoms with E-state index in [0.29, 0.717) is 0 Å². The van der Waals surface area contributed by atoms with Gasteiger partial charge >= 0.3 is 0 Å². The standard InChI is InChI=1S/C16H20N4O/c1-11-14(12(2)21-18-11)9-19(4)10-15-16-7-5-6-8-20(16)13(3)17-15/h5-8H,9-10H2,1-4H3. The molecule has 0 atom stereocenters. The highest BCUT2D eigenvalue weighted by Gasteiger charge is 2.14. The van der Waals surface area contributed by atoms with E-state index >= 15 is 0 Å². The third kappa shape index (κ3) is 2.56. The smallest absolute Gasteiger partial charge is 0.138 e. The van der Waals surface area contributed by atoms with Gasteiger partial charge in [-0.3, -0.25) is 4.90 Å². The molecule has 0 aliphatic heterocycles. The van der Waals surface area contributed by atoms with E-state index in [2.05, 4.69) is 38.8 Å². The van der Waals surface area contributed by atoms with Crippen molar-refractivity contribution in [2.45, 2.75) is 33.9 Å². The quantitative estimate of drug-likeness (QED) is 0.739. The molecule has 0 aliphatic rings. The molecule has 0 bridgehead atoms. The van der Waals surface area contributed by atoms with Gasteiger partial charge in [-0.15, -0.1) is 0 Å². The predicted molar refractivity (Wildman–Crippen MR) is 81.1 cm³/mol. The van der Waals surface area contributed by atoms with E-state index in [4.69, 9.17) is 4.52 Å². The van der Waals surface area contributed by atoms with Gasteiger partial charge in [0.15, 0.2) is 0 Å². The second kappa shape index (κ2) is 5.33. The molecule has 110 valence electrons. The van der Waals surface area contributed by atoms with Crippen LogP contribution in [-0.2, 0) is 13.1 Å². The highest BCUT2D eigenvalue weighted by atomic mass is 16.5. The van der Waals surface area contributed by atoms with Gasteiger partial charge < -0.3 is 8.92 Å². The fourth-order valence-electron chi connectivity index (χ4n) is 2.69. The molecule has 0 saturated heterocycles. The van der Waals surface area contributed by atoms with Crippen LogP contribution in [0.15, 0.2) is 28.9 Å². The van der Waals surface area contributed by atoms with Crippen LogP contribution in [0.1, 0.15) is 28.5 Å². The molecule has 5 nitrogen and oxygen atoms in total. The summed E-state index contributed by atoms with van der Waals surface area (Å²) in [6.45, 7) is 7.58. The van der Waals surface area contributed by atoms with Crippen LogP contribution in [0.25, 0.3) is 5.52 Å². The summed E-state index contributed by atoms with van der Waals surface area (Å²) in [6, 6.07) is 6.19. The monoisotopic (exact) mass is 284 g/mol. The summed E-state index contributed by atoms with van der Waals surface area (Å²) in [7, 11) is 2.09. The number of imidazole rings is 1. The third-order valence-corrected chi connectivity index (χ3v) is 3.83. The summed E-state index contributed by atoms with van der Waals surface area (Å²) in [4.78, 5) is 6.92. The molecule has 0 radical (unpaired) electrons. The van der Waals surface area contributed by atoms with E-state index in [1.165, 1.54) is 5.52 Å². The third-order valence-electron chi connectivity index (χ3n) is 3.83. The van der Waals surface area contributed by atoms with E-state index in [1.807, 2.05) is 32.9 Å². The Morgan fingerprint density at radius 1 is 1.19 bits per heavy atom. The summed E-state index contributed by atoms with van der Waals surface area (Å²) in [5, 5.41) is 4.01. The van der Waals surface area contributed by atoms with Gasteiger partial charge in [0.2, 0.25) is 0 Å². The molecule has 0 saturated carbocycles. The number of fused-ring (bicyclic) bond motifs is 1. The van der Waals surface area contributed by atoms with Crippen LogP contribution in [0.5, 0.6) is 0 Å². The fraction of sp³-hybridized carbons (Fsp3) is 0.375. The van der Waals surface area contributed by atoms with Crippen molar-refractivity contribution < 1.29 is 4.52 Å². The minimum absolute atomic E-state index is 0.797. The van der Waals surface area contributed by atoms with Crippen LogP contribution < -0.4 is 0 Å². The van der Waals surface area contributed by atoms with Gasteiger partial charge in [-0.2, -0.15) is 0 Å². The van der Waals surface area contributed by atoms with Crippen LogP contribution in [0, 0.1) is 20.8 Å². The van der Waals surface area contributed by atoms with Gasteiger partial charge in [-0.05, 0) is 40.0 Å². The molecule has 3 heterocycles. The zero-order chi connectivity index (χ0) is 15.0. The molecule has 0 unspecified atom stereocenters. The Morgan fingerprint density at radius 3 is 2.71 bits per heavy atom. The maximum Gasteiger partial charge on any atom is 0.138 e. The van der Waals surface area contributed by atoms with Crippen molar-refractivity contribution in [1.29, 1.82) is 0 Å². The van der Waals surface area contributed by atoms with E-state index in [0.717, 1.165) is 41.6 Å². The predicted octanol–water partition coefficient (Wildman–Crippen LogP) is 2.88. The zero-order valence-corrected chi connectivity index (χ0v) is 12.9. The molecular weight excluding hydrogens is 264 g/mol. The topological polar surface area (TPSA) is 46.6 Å². The molecule has 3 aromatic heterocycles. The maximum atomic E-state index is 5.22. The van der Waals surface area contributed by atoms with Gasteiger partial charge in [0.05, 0.1) is 16.9 Å². The first-order valence-electron chi connectivity index (χ1n) is 7.09. The molecule has 0 aliphatic carbocycles. The number of aryl methyl sites for hydroxylation is 3. The van der Waals surface area contributed by atoms with Crippen molar-refractivity contribution in [2.24, 2.45) is 0 Å². The lowest BCUT2D eigenvalue weighted by Crippen LogP contribution is -2.18. The summed E-state index contributed by atoms with van der Waals surface area (Å²) >= 11 is 0. The lowest BCUT2D eigenvalue weighted by atomic mass is 10.2. The van der Waals surface area contributed by atoms with Crippen molar-refractivity contribution in [3.63, 3.8) is 0 Å². The van der Waals surface area contributed by atoms with Crippen molar-refractivity contribution in [1.82, 2.24) is 19.4 Å². The Hall–Kier alpha value is -2.14. The largest absolute Gasteiger partial charge is 0.361 e. The summed E-state index contributed by atoms with van der Waals surface area (Å²) < 4.78 is 7.35. The first kappa shape index (κ1) is 13.8. The number of rotatable bonds is 4. The first-order valence-corrected chi connectivity index (χ1v) is 7.09. The normalized spacial score (nSPS) is 11.7. The molecule has 3 rings (SSSR count). The summed E-state index contributed by atoms with van der Waals surface area (Å²) in [5.41, 5.74) is 4.39. The van der Waals surface area contributed by atoms with Gasteiger partial charge in [0.25, 0.3) is 0 Å². The Bertz CT molecular complexity index is 752. The second-order valence-corrected chi connectivity index (χ2v) is 5.54. The lowest BCUT2D eigenvalue weighted by molar-refractivity contribution is 0.312. The van der Waals surface area contributed by atoms with E-state index in [-0.39, 0.29) is 0 Å². The molecule has 0 amide bonds. The second-order valence-electron chi connectivity index (χ2n) is 5.54. The van der Waals surface area contributed by atoms with E-state index in [9.17, 15) is 0 Å². The van der Waals surface area contributed by atoms with Gasteiger partial charge in [-0.1, -0.05) is 11.2 Å². The number of hydrogen-bond donors (Lipinski definition) is 0. The Balaban J connectivity index is 1.82. The molecule has 3 aromatic rings. The maximum absolute atomic E-state index is 5.22. The van der Waals surface area contributed by atoms with Gasteiger partial charge in [0.1, 0.15) is 11.6 Å². The van der Waals surface area contributed by atoms with Crippen molar-refractivity contribution in [3.8, 4) is 0 Å². The average molecular weight is 284 g/mol. The van der Waals surface area contributed by atoms with Crippen LogP contribution in [0.4, 0.5) is 0 Å². The Kier molecular flexibility index (Phi) is 3.51. The summed E-state index contributed by atoms with van der Waals surface area (Å²) in [5.74, 6) is 1.91. The molecule has 5 heteroatoms. The zero-order valence-electron chi connectivity index (χ0n) is 12.9. The molecule has 0 fully saturated rings. The minimum atomic E-state index is 0.797. The van der Waals surface area contributed by atoms with Crippen LogP contribution in [0.3, 0.4) is 0 Å². The highest BCUT2D eigenvalue weighted by Crippen LogP contribution is 2.18. The molecule has 21 heavy (non-hydrogen) atoms. The molecule has 0 N–H and O–H groups in total. The summed E-state index contributed by atoms with van der Waals surface area (Å²) in [6.07, 6.45) is 2.05. The van der Waals surface area contributed by atoms with Crippen molar-refractivity contribution in [3.05, 3.63) is 52.9 Å². The Morgan fingerprint density at radius 2 is 2.00 bits per heavy atom. The fourth-order valence-corrected chi connectivity index (χ4v) is 2.69. The Labute approximate surface area is 124 Å². The number of pyridine rings is 1. The van der Waals surface area contributed by atoms with Gasteiger partial charge in [-0.25, -0.2) is 4.98 Å². The first-order chi connectivity index (χ1) is 10.1. The van der Waals surface area contributed by atoms with E-state index < -0.39 is 0 Å². The number of aromatic nitrogens is 3. The van der Waals surface area contributed by atoms with Crippen LogP contribution in [-0.4, -0.2) is 26.5 Å². The molecule has 0 aromatic carbocycles. The SMILES string of the molecule is Cc1noc(C)c1CN(C)Cc1nc(C)n2ccccc12. The average Bonchev–Trinajstić information content (AvgIpc) is 2.94. The minimum Gasteiger partial charge on any atom is -0.361 e. The number of nitrogens with zero attached hydrogens (tertiary/aromatic N) is 4. The van der Waals surface area contributed by atoms with Crippen molar-refractivity contribution in [2.75, 3.05) is 7.05 Å². The highest BCUT2D eigenvalue weighted by molar-refractivity contribution is 5.53. The van der Waals surface area contributed by atoms with Gasteiger partial charge in [0, 0.05) is 24.8 Å². The molecule has 0 spiro atoms. The lowest BCUT2D eigenvalue weighted by Gasteiger charge is -2.15. The number of hydrogen-bond acceptors (Lipinski definition) is 4. The van der Waals surface area contributed by atoms with E-state index in [1.54, 1.807) is 0 Å². The van der Waals surface area contributed by atoms with Crippen molar-refractivity contribution >= 4 is 5.52 Å². The van der Waals surface area contributed by atoms with Crippen LogP contribution in [0.2, 0.25) is 0 Å². The van der Waals surface area contributed by atoms with Crippen LogP contribution >= 0.6 is 0 Å².